The van der Waals surface area contributed by atoms with E-state index >= 15 is 0 Å². The predicted molar refractivity (Wildman–Crippen MR) is 116 cm³/mol. The Morgan fingerprint density at radius 1 is 1.30 bits per heavy atom. The molecule has 0 aromatic carbocycles. The number of nitrogens with two attached hydrogens (primary N) is 1. The van der Waals surface area contributed by atoms with Gasteiger partial charge in [-0.2, -0.15) is 0 Å². The molecule has 7 nitrogen and oxygen atoms in total. The molecular weight excluding hydrogens is 378 g/mol. The molecule has 168 valence electrons. The smallest absolute Gasteiger partial charge is 0.293 e. The SMILES string of the molecule is CNCCN=C(N)[NH+]1CC[C@H](CNC)[C@@]2(C1)[C@@H]1CC[C@@H](C)[C@]23CCC(C(=O)[O-])=C3C1. The summed E-state index contributed by atoms with van der Waals surface area (Å²) in [5.41, 5.74) is 8.46. The molecule has 7 heteroatoms. The molecule has 2 spiro atoms. The van der Waals surface area contributed by atoms with E-state index in [0.29, 0.717) is 36.3 Å². The summed E-state index contributed by atoms with van der Waals surface area (Å²) < 4.78 is 0. The molecule has 0 radical (unpaired) electrons. The fraction of sp³-hybridized carbons (Fsp3) is 0.826. The lowest BCUT2D eigenvalue weighted by Crippen LogP contribution is -3.19. The number of hydrogen-bond donors (Lipinski definition) is 4. The van der Waals surface area contributed by atoms with Gasteiger partial charge in [0.15, 0.2) is 0 Å². The van der Waals surface area contributed by atoms with Gasteiger partial charge in [0.2, 0.25) is 0 Å². The van der Waals surface area contributed by atoms with E-state index in [4.69, 9.17) is 5.73 Å². The largest absolute Gasteiger partial charge is 0.545 e. The van der Waals surface area contributed by atoms with Gasteiger partial charge in [0.1, 0.15) is 0 Å². The summed E-state index contributed by atoms with van der Waals surface area (Å²) in [6.07, 6.45) is 6.08. The molecule has 3 fully saturated rings. The maximum Gasteiger partial charge on any atom is 0.293 e. The van der Waals surface area contributed by atoms with Crippen LogP contribution in [0.5, 0.6) is 0 Å². The second-order valence-corrected chi connectivity index (χ2v) is 10.1. The average Bonchev–Trinajstić information content (AvgIpc) is 3.17. The van der Waals surface area contributed by atoms with Crippen LogP contribution >= 0.6 is 0 Å². The van der Waals surface area contributed by atoms with Crippen molar-refractivity contribution in [1.29, 1.82) is 0 Å². The van der Waals surface area contributed by atoms with Crippen LogP contribution in [0.4, 0.5) is 0 Å². The van der Waals surface area contributed by atoms with Gasteiger partial charge in [0.25, 0.3) is 5.96 Å². The van der Waals surface area contributed by atoms with Gasteiger partial charge in [-0.3, -0.25) is 4.90 Å². The Morgan fingerprint density at radius 2 is 2.10 bits per heavy atom. The van der Waals surface area contributed by atoms with Crippen LogP contribution in [0, 0.1) is 28.6 Å². The average molecular weight is 418 g/mol. The van der Waals surface area contributed by atoms with E-state index in [1.807, 2.05) is 14.1 Å². The number of guanidine groups is 1. The number of likely N-dealkylation sites (N-methyl/N-ethyl adjacent to an activating group) is 1. The number of aliphatic carboxylic acids is 1. The van der Waals surface area contributed by atoms with Crippen LogP contribution < -0.4 is 26.4 Å². The number of allylic oxidation sites excluding steroid dienone is 1. The Labute approximate surface area is 180 Å². The van der Waals surface area contributed by atoms with Gasteiger partial charge in [-0.15, -0.1) is 0 Å². The van der Waals surface area contributed by atoms with Gasteiger partial charge in [0, 0.05) is 23.8 Å². The minimum atomic E-state index is -0.935. The summed E-state index contributed by atoms with van der Waals surface area (Å²) in [5.74, 6) is 1.38. The third kappa shape index (κ3) is 2.96. The van der Waals surface area contributed by atoms with Crippen LogP contribution in [0.15, 0.2) is 16.1 Å². The summed E-state index contributed by atoms with van der Waals surface area (Å²) in [4.78, 5) is 18.0. The number of rotatable bonds is 6. The van der Waals surface area contributed by atoms with E-state index in [-0.39, 0.29) is 10.8 Å². The molecule has 3 aliphatic carbocycles. The number of carbonyl (C=O) groups excluding carboxylic acids is 1. The van der Waals surface area contributed by atoms with Gasteiger partial charge < -0.3 is 26.3 Å². The van der Waals surface area contributed by atoms with Crippen molar-refractivity contribution in [2.75, 3.05) is 46.8 Å². The molecule has 6 atom stereocenters. The number of quaternary nitrogens is 1. The Hall–Kier alpha value is -1.44. The first kappa shape index (κ1) is 21.8. The van der Waals surface area contributed by atoms with Gasteiger partial charge in [-0.1, -0.05) is 12.5 Å². The maximum absolute atomic E-state index is 12.0. The second kappa shape index (κ2) is 8.24. The number of nitrogens with one attached hydrogen (secondary N) is 3. The molecule has 1 aliphatic heterocycles. The van der Waals surface area contributed by atoms with E-state index < -0.39 is 5.97 Å². The van der Waals surface area contributed by atoms with Crippen molar-refractivity contribution < 1.29 is 14.8 Å². The quantitative estimate of drug-likeness (QED) is 0.250. The van der Waals surface area contributed by atoms with Crippen molar-refractivity contribution in [3.05, 3.63) is 11.1 Å². The number of carbonyl (C=O) groups is 1. The Kier molecular flexibility index (Phi) is 5.99. The minimum Gasteiger partial charge on any atom is -0.545 e. The molecule has 0 aromatic heterocycles. The zero-order valence-electron chi connectivity index (χ0n) is 18.9. The second-order valence-electron chi connectivity index (χ2n) is 10.1. The number of hydrogen-bond acceptors (Lipinski definition) is 5. The van der Waals surface area contributed by atoms with Crippen LogP contribution in [0.3, 0.4) is 0 Å². The van der Waals surface area contributed by atoms with E-state index in [0.717, 1.165) is 51.4 Å². The Balaban J connectivity index is 1.78. The molecule has 2 saturated carbocycles. The van der Waals surface area contributed by atoms with E-state index in [1.54, 1.807) is 0 Å². The molecule has 1 unspecified atom stereocenters. The number of aliphatic imine (C=N–C) groups is 1. The number of carboxylic acid groups (broad SMARTS) is 1. The molecule has 4 aliphatic rings. The monoisotopic (exact) mass is 417 g/mol. The lowest BCUT2D eigenvalue weighted by atomic mass is 9.45. The number of likely N-dealkylation sites (tertiary alicyclic amines) is 1. The number of piperidine rings is 1. The highest BCUT2D eigenvalue weighted by atomic mass is 16.4. The first-order valence-corrected chi connectivity index (χ1v) is 11.8. The van der Waals surface area contributed by atoms with Crippen LogP contribution in [0.1, 0.15) is 45.4 Å². The predicted octanol–water partition coefficient (Wildman–Crippen LogP) is -1.09. The first-order chi connectivity index (χ1) is 14.4. The fourth-order valence-corrected chi connectivity index (χ4v) is 8.13. The van der Waals surface area contributed by atoms with E-state index in [2.05, 4.69) is 22.5 Å². The van der Waals surface area contributed by atoms with Crippen LogP contribution in [-0.2, 0) is 4.79 Å². The number of nitrogens with zero attached hydrogens (tertiary/aromatic N) is 1. The topological polar surface area (TPSA) is 107 Å². The molecule has 0 aromatic rings. The maximum atomic E-state index is 12.0. The normalized spacial score (nSPS) is 40.8. The summed E-state index contributed by atoms with van der Waals surface area (Å²) in [5, 5.41) is 18.6. The number of carboxylic acids is 1. The molecule has 4 rings (SSSR count). The van der Waals surface area contributed by atoms with Crippen LogP contribution in [0.2, 0.25) is 0 Å². The van der Waals surface area contributed by atoms with E-state index in [1.165, 1.54) is 23.3 Å². The highest BCUT2D eigenvalue weighted by Gasteiger charge is 2.72. The lowest BCUT2D eigenvalue weighted by Gasteiger charge is -2.60. The lowest BCUT2D eigenvalue weighted by molar-refractivity contribution is -0.828. The molecule has 0 amide bonds. The summed E-state index contributed by atoms with van der Waals surface area (Å²) >= 11 is 0. The third-order valence-corrected chi connectivity index (χ3v) is 9.20. The van der Waals surface area contributed by atoms with Crippen molar-refractivity contribution in [3.8, 4) is 0 Å². The van der Waals surface area contributed by atoms with Gasteiger partial charge >= 0.3 is 0 Å². The van der Waals surface area contributed by atoms with Crippen molar-refractivity contribution in [2.24, 2.45) is 39.3 Å². The fourth-order valence-electron chi connectivity index (χ4n) is 8.13. The molecule has 2 bridgehead atoms. The highest BCUT2D eigenvalue weighted by molar-refractivity contribution is 5.87. The summed E-state index contributed by atoms with van der Waals surface area (Å²) in [6.45, 7) is 6.87. The molecular formula is C23H39N5O2. The van der Waals surface area contributed by atoms with Crippen molar-refractivity contribution in [1.82, 2.24) is 10.6 Å². The molecule has 30 heavy (non-hydrogen) atoms. The van der Waals surface area contributed by atoms with Crippen molar-refractivity contribution in [3.63, 3.8) is 0 Å². The summed E-state index contributed by atoms with van der Waals surface area (Å²) in [6, 6.07) is 0. The molecule has 5 N–H and O–H groups in total. The van der Waals surface area contributed by atoms with Gasteiger partial charge in [-0.05, 0) is 76.1 Å². The van der Waals surface area contributed by atoms with Crippen LogP contribution in [0.25, 0.3) is 0 Å². The van der Waals surface area contributed by atoms with Crippen molar-refractivity contribution >= 4 is 11.9 Å². The zero-order chi connectivity index (χ0) is 21.5. The van der Waals surface area contributed by atoms with Crippen molar-refractivity contribution in [2.45, 2.75) is 45.4 Å². The van der Waals surface area contributed by atoms with E-state index in [9.17, 15) is 9.90 Å². The Morgan fingerprint density at radius 3 is 2.80 bits per heavy atom. The summed E-state index contributed by atoms with van der Waals surface area (Å²) in [7, 11) is 3.98. The zero-order valence-corrected chi connectivity index (χ0v) is 18.9. The third-order valence-electron chi connectivity index (χ3n) is 9.20. The molecule has 1 heterocycles. The van der Waals surface area contributed by atoms with Gasteiger partial charge in [0.05, 0.1) is 25.6 Å². The highest BCUT2D eigenvalue weighted by Crippen LogP contribution is 2.75. The van der Waals surface area contributed by atoms with Crippen LogP contribution in [-0.4, -0.2) is 58.7 Å². The minimum absolute atomic E-state index is 0.0102. The molecule has 1 saturated heterocycles. The van der Waals surface area contributed by atoms with Gasteiger partial charge in [-0.25, -0.2) is 4.99 Å². The Bertz CT molecular complexity index is 750. The first-order valence-electron chi connectivity index (χ1n) is 11.8. The standard InChI is InChI=1S/C23H39N5O2/c1-15-4-5-16-12-19-18(20(29)30)6-8-22(15,19)23(16)14-28(11-7-17(23)13-26-3)21(24)27-10-9-25-2/h15-17,25-26H,4-14H2,1-3H3,(H2,24,27)(H,29,30)/t15-,16-,17-,22+,23-/m1/s1.